The molecule has 1 aliphatic rings. The fourth-order valence-corrected chi connectivity index (χ4v) is 3.74. The lowest BCUT2D eigenvalue weighted by molar-refractivity contribution is -0.140. The molecule has 6 nitrogen and oxygen atoms in total. The number of thioether (sulfide) groups is 1. The van der Waals surface area contributed by atoms with E-state index >= 15 is 0 Å². The molecule has 2 heterocycles. The lowest BCUT2D eigenvalue weighted by Gasteiger charge is -2.18. The van der Waals surface area contributed by atoms with Gasteiger partial charge in [-0.3, -0.25) is 9.36 Å². The van der Waals surface area contributed by atoms with Crippen LogP contribution in [-0.4, -0.2) is 46.2 Å². The Bertz CT molecular complexity index is 747. The van der Waals surface area contributed by atoms with Crippen LogP contribution in [0.3, 0.4) is 0 Å². The first-order chi connectivity index (χ1) is 12.7. The van der Waals surface area contributed by atoms with Crippen molar-refractivity contribution in [2.75, 3.05) is 30.3 Å². The molecule has 0 atom stereocenters. The third-order valence-electron chi connectivity index (χ3n) is 4.15. The fourth-order valence-electron chi connectivity index (χ4n) is 2.81. The van der Waals surface area contributed by atoms with E-state index in [1.54, 1.807) is 0 Å². The van der Waals surface area contributed by atoms with E-state index in [0.717, 1.165) is 50.4 Å². The van der Waals surface area contributed by atoms with Crippen molar-refractivity contribution >= 4 is 35.3 Å². The third kappa shape index (κ3) is 4.71. The van der Waals surface area contributed by atoms with E-state index < -0.39 is 0 Å². The number of carbonyl (C=O) groups excluding carboxylic acids is 1. The van der Waals surface area contributed by atoms with Gasteiger partial charge in [0.15, 0.2) is 5.16 Å². The molecule has 0 amide bonds. The molecule has 2 aromatic rings. The van der Waals surface area contributed by atoms with Gasteiger partial charge in [0, 0.05) is 18.1 Å². The zero-order valence-corrected chi connectivity index (χ0v) is 16.4. The number of anilines is 1. The summed E-state index contributed by atoms with van der Waals surface area (Å²) in [5, 5.41) is 10.0. The highest BCUT2D eigenvalue weighted by Gasteiger charge is 2.23. The monoisotopic (exact) mass is 394 g/mol. The summed E-state index contributed by atoms with van der Waals surface area (Å²) in [6.45, 7) is 4.46. The molecule has 140 valence electrons. The second kappa shape index (κ2) is 9.28. The second-order valence-corrected chi connectivity index (χ2v) is 7.53. The van der Waals surface area contributed by atoms with Gasteiger partial charge in [-0.2, -0.15) is 0 Å². The van der Waals surface area contributed by atoms with Gasteiger partial charge in [-0.1, -0.05) is 42.8 Å². The quantitative estimate of drug-likeness (QED) is 0.383. The number of ether oxygens (including phenoxy) is 1. The van der Waals surface area contributed by atoms with Gasteiger partial charge in [0.25, 0.3) is 0 Å². The fraction of sp³-hybridized carbons (Fsp3) is 0.500. The van der Waals surface area contributed by atoms with E-state index in [-0.39, 0.29) is 11.7 Å². The van der Waals surface area contributed by atoms with Crippen LogP contribution in [0.1, 0.15) is 32.6 Å². The molecule has 26 heavy (non-hydrogen) atoms. The van der Waals surface area contributed by atoms with E-state index in [9.17, 15) is 4.79 Å². The maximum absolute atomic E-state index is 11.9. The first-order valence-corrected chi connectivity index (χ1v) is 10.3. The molecule has 0 N–H and O–H groups in total. The number of halogens is 1. The zero-order valence-electron chi connectivity index (χ0n) is 14.9. The molecule has 1 aromatic heterocycles. The topological polar surface area (TPSA) is 60.2 Å². The van der Waals surface area contributed by atoms with Crippen molar-refractivity contribution in [1.82, 2.24) is 14.8 Å². The van der Waals surface area contributed by atoms with Gasteiger partial charge in [0.1, 0.15) is 0 Å². The zero-order chi connectivity index (χ0) is 18.4. The second-order valence-electron chi connectivity index (χ2n) is 6.15. The number of esters is 1. The van der Waals surface area contributed by atoms with Crippen LogP contribution in [-0.2, 0) is 9.53 Å². The standard InChI is InChI=1S/C18H23ClN4O2S/c1-2-3-11-25-16(24)13-26-18-21-20-17(22-9-4-5-10-22)23(18)15-8-6-7-14(19)12-15/h6-8,12H,2-5,9-11,13H2,1H3. The predicted molar refractivity (Wildman–Crippen MR) is 104 cm³/mol. The highest BCUT2D eigenvalue weighted by molar-refractivity contribution is 7.99. The maximum Gasteiger partial charge on any atom is 0.316 e. The molecule has 0 spiro atoms. The third-order valence-corrected chi connectivity index (χ3v) is 5.29. The lowest BCUT2D eigenvalue weighted by atomic mass is 10.3. The summed E-state index contributed by atoms with van der Waals surface area (Å²) < 4.78 is 7.20. The molecule has 1 aliphatic heterocycles. The van der Waals surface area contributed by atoms with Gasteiger partial charge in [-0.25, -0.2) is 0 Å². The van der Waals surface area contributed by atoms with Crippen LogP contribution in [0.5, 0.6) is 0 Å². The smallest absolute Gasteiger partial charge is 0.316 e. The highest BCUT2D eigenvalue weighted by Crippen LogP contribution is 2.29. The van der Waals surface area contributed by atoms with Crippen molar-refractivity contribution in [3.63, 3.8) is 0 Å². The number of carbonyl (C=O) groups is 1. The number of benzene rings is 1. The summed E-state index contributed by atoms with van der Waals surface area (Å²) in [6, 6.07) is 7.59. The molecule has 0 bridgehead atoms. The van der Waals surface area contributed by atoms with E-state index in [4.69, 9.17) is 16.3 Å². The summed E-state index contributed by atoms with van der Waals surface area (Å²) in [5.41, 5.74) is 0.895. The van der Waals surface area contributed by atoms with Crippen molar-refractivity contribution in [2.24, 2.45) is 0 Å². The number of hydrogen-bond acceptors (Lipinski definition) is 6. The average molecular weight is 395 g/mol. The van der Waals surface area contributed by atoms with Gasteiger partial charge in [-0.05, 0) is 37.5 Å². The van der Waals surface area contributed by atoms with Crippen LogP contribution in [0.15, 0.2) is 29.4 Å². The van der Waals surface area contributed by atoms with Gasteiger partial charge >= 0.3 is 5.97 Å². The molecule has 1 saturated heterocycles. The highest BCUT2D eigenvalue weighted by atomic mass is 35.5. The Morgan fingerprint density at radius 2 is 2.12 bits per heavy atom. The lowest BCUT2D eigenvalue weighted by Crippen LogP contribution is -2.22. The number of unbranched alkanes of at least 4 members (excludes halogenated alkanes) is 1. The minimum Gasteiger partial charge on any atom is -0.465 e. The predicted octanol–water partition coefficient (Wildman–Crippen LogP) is 3.96. The Hall–Kier alpha value is -1.73. The van der Waals surface area contributed by atoms with E-state index in [2.05, 4.69) is 22.0 Å². The van der Waals surface area contributed by atoms with E-state index in [0.29, 0.717) is 16.8 Å². The van der Waals surface area contributed by atoms with Crippen LogP contribution in [0, 0.1) is 0 Å². The molecule has 0 radical (unpaired) electrons. The maximum atomic E-state index is 11.9. The molecule has 3 rings (SSSR count). The molecular formula is C18H23ClN4O2S. The number of nitrogens with zero attached hydrogens (tertiary/aromatic N) is 4. The van der Waals surface area contributed by atoms with Crippen molar-refractivity contribution < 1.29 is 9.53 Å². The Kier molecular flexibility index (Phi) is 6.80. The number of aromatic nitrogens is 3. The number of hydrogen-bond donors (Lipinski definition) is 0. The Labute approximate surface area is 162 Å². The first-order valence-electron chi connectivity index (χ1n) is 8.93. The molecular weight excluding hydrogens is 372 g/mol. The Balaban J connectivity index is 1.80. The molecule has 8 heteroatoms. The Morgan fingerprint density at radius 1 is 1.31 bits per heavy atom. The summed E-state index contributed by atoms with van der Waals surface area (Å²) in [7, 11) is 0. The molecule has 0 saturated carbocycles. The van der Waals surface area contributed by atoms with Crippen LogP contribution in [0.4, 0.5) is 5.95 Å². The van der Waals surface area contributed by atoms with Gasteiger partial charge in [0.05, 0.1) is 18.0 Å². The van der Waals surface area contributed by atoms with Gasteiger partial charge < -0.3 is 9.64 Å². The number of rotatable bonds is 8. The van der Waals surface area contributed by atoms with Crippen molar-refractivity contribution in [3.8, 4) is 5.69 Å². The van der Waals surface area contributed by atoms with Crippen molar-refractivity contribution in [2.45, 2.75) is 37.8 Å². The largest absolute Gasteiger partial charge is 0.465 e. The van der Waals surface area contributed by atoms with Gasteiger partial charge in [0.2, 0.25) is 5.95 Å². The van der Waals surface area contributed by atoms with Gasteiger partial charge in [-0.15, -0.1) is 10.2 Å². The minimum atomic E-state index is -0.230. The summed E-state index contributed by atoms with van der Waals surface area (Å²) in [6.07, 6.45) is 4.18. The average Bonchev–Trinajstić information content (AvgIpc) is 3.29. The summed E-state index contributed by atoms with van der Waals surface area (Å²) in [4.78, 5) is 14.1. The van der Waals surface area contributed by atoms with Crippen LogP contribution in [0.25, 0.3) is 5.69 Å². The SMILES string of the molecule is CCCCOC(=O)CSc1nnc(N2CCCC2)n1-c1cccc(Cl)c1. The normalized spacial score (nSPS) is 14.0. The summed E-state index contributed by atoms with van der Waals surface area (Å²) >= 11 is 7.51. The van der Waals surface area contributed by atoms with E-state index in [1.165, 1.54) is 11.8 Å². The van der Waals surface area contributed by atoms with Crippen LogP contribution in [0.2, 0.25) is 5.02 Å². The Morgan fingerprint density at radius 3 is 2.85 bits per heavy atom. The molecule has 1 fully saturated rings. The minimum absolute atomic E-state index is 0.211. The van der Waals surface area contributed by atoms with Crippen molar-refractivity contribution in [3.05, 3.63) is 29.3 Å². The van der Waals surface area contributed by atoms with E-state index in [1.807, 2.05) is 28.8 Å². The first kappa shape index (κ1) is 19.0. The summed E-state index contributed by atoms with van der Waals surface area (Å²) in [5.74, 6) is 0.779. The molecule has 0 aliphatic carbocycles. The van der Waals surface area contributed by atoms with Crippen molar-refractivity contribution in [1.29, 1.82) is 0 Å². The molecule has 0 unspecified atom stereocenters. The van der Waals surface area contributed by atoms with Crippen LogP contribution < -0.4 is 4.90 Å². The van der Waals surface area contributed by atoms with Crippen LogP contribution >= 0.6 is 23.4 Å². The molecule has 1 aromatic carbocycles.